The number of nitrogens with one attached hydrogen (secondary N) is 1. The number of amides is 1. The van der Waals surface area contributed by atoms with Crippen molar-refractivity contribution in [3.8, 4) is 0 Å². The number of rotatable bonds is 6. The van der Waals surface area contributed by atoms with Crippen LogP contribution < -0.4 is 11.1 Å². The smallest absolute Gasteiger partial charge is 0.241 e. The number of carbonyl (C=O) groups is 1. The molecule has 0 spiro atoms. The van der Waals surface area contributed by atoms with Gasteiger partial charge in [-0.1, -0.05) is 29.8 Å². The Morgan fingerprint density at radius 1 is 1.37 bits per heavy atom. The van der Waals surface area contributed by atoms with Crippen LogP contribution in [0, 0.1) is 6.92 Å². The summed E-state index contributed by atoms with van der Waals surface area (Å²) in [5.74, 6) is -0.151. The molecule has 0 radical (unpaired) electrons. The summed E-state index contributed by atoms with van der Waals surface area (Å²) >= 11 is 0. The lowest BCUT2D eigenvalue weighted by molar-refractivity contribution is -0.123. The summed E-state index contributed by atoms with van der Waals surface area (Å²) < 4.78 is 4.97. The number of ether oxygens (including phenoxy) is 1. The van der Waals surface area contributed by atoms with Crippen LogP contribution in [0.25, 0.3) is 0 Å². The van der Waals surface area contributed by atoms with Crippen molar-refractivity contribution in [1.29, 1.82) is 0 Å². The number of methoxy groups -OCH3 is 1. The van der Waals surface area contributed by atoms with Gasteiger partial charge in [0.1, 0.15) is 6.04 Å². The Morgan fingerprint density at radius 3 is 2.47 bits per heavy atom. The van der Waals surface area contributed by atoms with E-state index in [2.05, 4.69) is 5.32 Å². The van der Waals surface area contributed by atoms with Gasteiger partial charge in [-0.15, -0.1) is 12.4 Å². The highest BCUT2D eigenvalue weighted by Gasteiger charge is 2.17. The largest absolute Gasteiger partial charge is 0.385 e. The Labute approximate surface area is 121 Å². The van der Waals surface area contributed by atoms with Crippen LogP contribution >= 0.6 is 12.4 Å². The lowest BCUT2D eigenvalue weighted by Crippen LogP contribution is -2.39. The normalized spacial score (nSPS) is 13.3. The minimum Gasteiger partial charge on any atom is -0.385 e. The summed E-state index contributed by atoms with van der Waals surface area (Å²) in [4.78, 5) is 11.9. The van der Waals surface area contributed by atoms with Gasteiger partial charge >= 0.3 is 0 Å². The summed E-state index contributed by atoms with van der Waals surface area (Å²) in [6.07, 6.45) is 0.781. The highest BCUT2D eigenvalue weighted by atomic mass is 35.5. The molecular weight excluding hydrogens is 264 g/mol. The van der Waals surface area contributed by atoms with Crippen molar-refractivity contribution in [1.82, 2.24) is 5.32 Å². The van der Waals surface area contributed by atoms with E-state index in [1.165, 1.54) is 0 Å². The Kier molecular flexibility index (Phi) is 8.39. The third-order valence-electron chi connectivity index (χ3n) is 2.86. The van der Waals surface area contributed by atoms with Crippen LogP contribution in [-0.2, 0) is 9.53 Å². The second-order valence-electron chi connectivity index (χ2n) is 4.58. The fraction of sp³-hybridized carbons (Fsp3) is 0.500. The van der Waals surface area contributed by atoms with Crippen LogP contribution in [-0.4, -0.2) is 25.7 Å². The Hall–Kier alpha value is -1.10. The summed E-state index contributed by atoms with van der Waals surface area (Å²) in [5, 5.41) is 2.88. The maximum Gasteiger partial charge on any atom is 0.241 e. The molecule has 0 bridgehead atoms. The SMILES string of the molecule is COCCC(C)NC(=O)C(N)c1ccc(C)cc1.Cl. The van der Waals surface area contributed by atoms with Gasteiger partial charge in [0.05, 0.1) is 0 Å². The number of carbonyl (C=O) groups excluding carboxylic acids is 1. The minimum atomic E-state index is -0.615. The van der Waals surface area contributed by atoms with E-state index in [9.17, 15) is 4.79 Å². The van der Waals surface area contributed by atoms with Crippen molar-refractivity contribution >= 4 is 18.3 Å². The van der Waals surface area contributed by atoms with E-state index in [4.69, 9.17) is 10.5 Å². The number of aryl methyl sites for hydroxylation is 1. The van der Waals surface area contributed by atoms with E-state index >= 15 is 0 Å². The molecule has 0 aliphatic rings. The standard InChI is InChI=1S/C14H22N2O2.ClH/c1-10-4-6-12(7-5-10)13(15)14(17)16-11(2)8-9-18-3;/h4-7,11,13H,8-9,15H2,1-3H3,(H,16,17);1H. The molecule has 0 aromatic heterocycles. The quantitative estimate of drug-likeness (QED) is 0.840. The molecule has 4 nitrogen and oxygen atoms in total. The predicted octanol–water partition coefficient (Wildman–Crippen LogP) is 1.96. The fourth-order valence-corrected chi connectivity index (χ4v) is 1.62. The molecular formula is C14H23ClN2O2. The van der Waals surface area contributed by atoms with Crippen LogP contribution in [0.5, 0.6) is 0 Å². The molecule has 0 fully saturated rings. The maximum atomic E-state index is 11.9. The van der Waals surface area contributed by atoms with Crippen molar-refractivity contribution < 1.29 is 9.53 Å². The zero-order chi connectivity index (χ0) is 13.5. The van der Waals surface area contributed by atoms with E-state index in [0.717, 1.165) is 17.5 Å². The first-order chi connectivity index (χ1) is 8.54. The number of halogens is 1. The van der Waals surface area contributed by atoms with E-state index in [1.54, 1.807) is 7.11 Å². The number of hydrogen-bond acceptors (Lipinski definition) is 3. The summed E-state index contributed by atoms with van der Waals surface area (Å²) in [6, 6.07) is 7.14. The Morgan fingerprint density at radius 2 is 1.95 bits per heavy atom. The van der Waals surface area contributed by atoms with Crippen molar-refractivity contribution in [3.05, 3.63) is 35.4 Å². The molecule has 0 aliphatic carbocycles. The van der Waals surface area contributed by atoms with Gasteiger partial charge in [-0.3, -0.25) is 4.79 Å². The first-order valence-electron chi connectivity index (χ1n) is 6.16. The van der Waals surface area contributed by atoms with Gasteiger partial charge in [0.2, 0.25) is 5.91 Å². The molecule has 19 heavy (non-hydrogen) atoms. The molecule has 108 valence electrons. The van der Waals surface area contributed by atoms with Gasteiger partial charge in [0.25, 0.3) is 0 Å². The lowest BCUT2D eigenvalue weighted by Gasteiger charge is -2.17. The van der Waals surface area contributed by atoms with Crippen LogP contribution in [0.2, 0.25) is 0 Å². The average molecular weight is 287 g/mol. The van der Waals surface area contributed by atoms with Crippen molar-refractivity contribution in [2.24, 2.45) is 5.73 Å². The van der Waals surface area contributed by atoms with Gasteiger partial charge in [-0.25, -0.2) is 0 Å². The molecule has 1 aromatic carbocycles. The van der Waals surface area contributed by atoms with Crippen molar-refractivity contribution in [3.63, 3.8) is 0 Å². The minimum absolute atomic E-state index is 0. The molecule has 0 saturated heterocycles. The molecule has 0 saturated carbocycles. The van der Waals surface area contributed by atoms with Gasteiger partial charge in [-0.2, -0.15) is 0 Å². The molecule has 2 unspecified atom stereocenters. The van der Waals surface area contributed by atoms with Gasteiger partial charge in [0, 0.05) is 19.8 Å². The van der Waals surface area contributed by atoms with Crippen LogP contribution in [0.3, 0.4) is 0 Å². The van der Waals surface area contributed by atoms with E-state index in [-0.39, 0.29) is 24.4 Å². The zero-order valence-corrected chi connectivity index (χ0v) is 12.5. The highest BCUT2D eigenvalue weighted by molar-refractivity contribution is 5.85. The number of nitrogens with two attached hydrogens (primary N) is 1. The van der Waals surface area contributed by atoms with E-state index < -0.39 is 6.04 Å². The molecule has 1 aromatic rings. The Bertz CT molecular complexity index is 382. The topological polar surface area (TPSA) is 64.3 Å². The molecule has 1 rings (SSSR count). The predicted molar refractivity (Wildman–Crippen MR) is 79.5 cm³/mol. The van der Waals surface area contributed by atoms with E-state index in [0.29, 0.717) is 6.61 Å². The van der Waals surface area contributed by atoms with Crippen LogP contribution in [0.15, 0.2) is 24.3 Å². The van der Waals surface area contributed by atoms with Gasteiger partial charge in [-0.05, 0) is 25.8 Å². The van der Waals surface area contributed by atoms with Crippen molar-refractivity contribution in [2.75, 3.05) is 13.7 Å². The zero-order valence-electron chi connectivity index (χ0n) is 11.7. The van der Waals surface area contributed by atoms with E-state index in [1.807, 2.05) is 38.1 Å². The van der Waals surface area contributed by atoms with Gasteiger partial charge in [0.15, 0.2) is 0 Å². The average Bonchev–Trinajstić information content (AvgIpc) is 2.36. The molecule has 5 heteroatoms. The maximum absolute atomic E-state index is 11.9. The molecule has 3 N–H and O–H groups in total. The second kappa shape index (κ2) is 8.91. The number of benzene rings is 1. The molecule has 1 amide bonds. The molecule has 0 heterocycles. The fourth-order valence-electron chi connectivity index (χ4n) is 1.62. The molecule has 2 atom stereocenters. The van der Waals surface area contributed by atoms with Crippen LogP contribution in [0.1, 0.15) is 30.5 Å². The molecule has 0 aliphatic heterocycles. The first-order valence-corrected chi connectivity index (χ1v) is 6.16. The third-order valence-corrected chi connectivity index (χ3v) is 2.86. The monoisotopic (exact) mass is 286 g/mol. The number of hydrogen-bond donors (Lipinski definition) is 2. The first kappa shape index (κ1) is 17.9. The second-order valence-corrected chi connectivity index (χ2v) is 4.58. The summed E-state index contributed by atoms with van der Waals surface area (Å²) in [7, 11) is 1.65. The van der Waals surface area contributed by atoms with Crippen LogP contribution in [0.4, 0.5) is 0 Å². The lowest BCUT2D eigenvalue weighted by atomic mass is 10.0. The highest BCUT2D eigenvalue weighted by Crippen LogP contribution is 2.11. The van der Waals surface area contributed by atoms with Gasteiger partial charge < -0.3 is 15.8 Å². The summed E-state index contributed by atoms with van der Waals surface area (Å²) in [6.45, 7) is 4.57. The Balaban J connectivity index is 0.00000324. The van der Waals surface area contributed by atoms with Crippen molar-refractivity contribution in [2.45, 2.75) is 32.4 Å². The third kappa shape index (κ3) is 6.05. The summed E-state index contributed by atoms with van der Waals surface area (Å²) in [5.41, 5.74) is 7.91.